The molecular formula is C26H28N4O3. The van der Waals surface area contributed by atoms with E-state index in [-0.39, 0.29) is 11.9 Å². The van der Waals surface area contributed by atoms with Crippen LogP contribution in [-0.2, 0) is 13.0 Å². The molecule has 7 nitrogen and oxygen atoms in total. The number of β-amino-alcohol motifs (C(OH)–C–C–N with tert-alkyl or cyclic N) is 1. The fourth-order valence-corrected chi connectivity index (χ4v) is 4.78. The number of amides is 1. The fourth-order valence-electron chi connectivity index (χ4n) is 4.78. The summed E-state index contributed by atoms with van der Waals surface area (Å²) in [5.41, 5.74) is 3.95. The summed E-state index contributed by atoms with van der Waals surface area (Å²) in [6, 6.07) is 19.4. The van der Waals surface area contributed by atoms with Crippen molar-refractivity contribution in [3.63, 3.8) is 0 Å². The molecule has 5 rings (SSSR count). The van der Waals surface area contributed by atoms with E-state index < -0.39 is 6.10 Å². The predicted octanol–water partition coefficient (Wildman–Crippen LogP) is 3.08. The first-order valence-electron chi connectivity index (χ1n) is 11.3. The van der Waals surface area contributed by atoms with Gasteiger partial charge in [-0.25, -0.2) is 4.98 Å². The van der Waals surface area contributed by atoms with Crippen LogP contribution in [-0.4, -0.2) is 64.7 Å². The number of rotatable bonds is 5. The van der Waals surface area contributed by atoms with Crippen LogP contribution in [0.15, 0.2) is 66.9 Å². The van der Waals surface area contributed by atoms with Gasteiger partial charge in [0.25, 0.3) is 5.91 Å². The molecule has 3 heterocycles. The number of aliphatic hydroxyl groups is 1. The van der Waals surface area contributed by atoms with Crippen molar-refractivity contribution in [3.8, 4) is 5.75 Å². The van der Waals surface area contributed by atoms with Gasteiger partial charge in [-0.2, -0.15) is 0 Å². The van der Waals surface area contributed by atoms with E-state index in [2.05, 4.69) is 39.5 Å². The first kappa shape index (κ1) is 21.4. The molecule has 2 atom stereocenters. The van der Waals surface area contributed by atoms with Gasteiger partial charge in [0.2, 0.25) is 0 Å². The monoisotopic (exact) mass is 444 g/mol. The molecule has 1 saturated heterocycles. The summed E-state index contributed by atoms with van der Waals surface area (Å²) in [6.07, 6.45) is 2.04. The Morgan fingerprint density at radius 2 is 1.94 bits per heavy atom. The number of hydrogen-bond donors (Lipinski definition) is 2. The van der Waals surface area contributed by atoms with Crippen molar-refractivity contribution in [2.75, 3.05) is 32.1 Å². The molecule has 2 aliphatic rings. The minimum Gasteiger partial charge on any atom is -0.497 e. The van der Waals surface area contributed by atoms with Gasteiger partial charge in [-0.3, -0.25) is 9.69 Å². The molecule has 0 aliphatic carbocycles. The molecule has 33 heavy (non-hydrogen) atoms. The lowest BCUT2D eigenvalue weighted by Crippen LogP contribution is -2.45. The van der Waals surface area contributed by atoms with Gasteiger partial charge in [-0.1, -0.05) is 30.3 Å². The van der Waals surface area contributed by atoms with Crippen LogP contribution >= 0.6 is 0 Å². The van der Waals surface area contributed by atoms with Crippen LogP contribution in [0.3, 0.4) is 0 Å². The smallest absolute Gasteiger partial charge is 0.257 e. The maximum absolute atomic E-state index is 13.4. The number of carbonyl (C=O) groups excluding carboxylic acids is 1. The molecule has 170 valence electrons. The van der Waals surface area contributed by atoms with E-state index in [9.17, 15) is 9.90 Å². The maximum atomic E-state index is 13.4. The lowest BCUT2D eigenvalue weighted by molar-refractivity contribution is 0.0735. The van der Waals surface area contributed by atoms with Crippen LogP contribution in [0.5, 0.6) is 5.75 Å². The van der Waals surface area contributed by atoms with Crippen LogP contribution in [0.4, 0.5) is 11.5 Å². The van der Waals surface area contributed by atoms with Gasteiger partial charge in [0.05, 0.1) is 24.8 Å². The quantitative estimate of drug-likeness (QED) is 0.630. The van der Waals surface area contributed by atoms with Crippen molar-refractivity contribution >= 4 is 17.4 Å². The van der Waals surface area contributed by atoms with E-state index in [4.69, 9.17) is 4.74 Å². The summed E-state index contributed by atoms with van der Waals surface area (Å²) in [4.78, 5) is 21.9. The number of fused-ring (bicyclic) bond motifs is 1. The third-order valence-electron chi connectivity index (χ3n) is 6.55. The summed E-state index contributed by atoms with van der Waals surface area (Å²) >= 11 is 0. The number of aliphatic hydroxyl groups excluding tert-OH is 1. The second-order valence-corrected chi connectivity index (χ2v) is 8.59. The number of aromatic nitrogens is 1. The highest BCUT2D eigenvalue weighted by molar-refractivity contribution is 5.99. The Hall–Kier alpha value is -3.42. The van der Waals surface area contributed by atoms with Crippen molar-refractivity contribution < 1.29 is 14.6 Å². The molecule has 0 spiro atoms. The largest absolute Gasteiger partial charge is 0.497 e. The van der Waals surface area contributed by atoms with Crippen LogP contribution in [0.1, 0.15) is 21.5 Å². The molecule has 2 N–H and O–H groups in total. The van der Waals surface area contributed by atoms with E-state index >= 15 is 0 Å². The van der Waals surface area contributed by atoms with Crippen LogP contribution in [0.2, 0.25) is 0 Å². The van der Waals surface area contributed by atoms with Crippen molar-refractivity contribution in [2.24, 2.45) is 0 Å². The van der Waals surface area contributed by atoms with Gasteiger partial charge in [0.1, 0.15) is 11.6 Å². The van der Waals surface area contributed by atoms with Crippen molar-refractivity contribution in [1.82, 2.24) is 14.8 Å². The highest BCUT2D eigenvalue weighted by atomic mass is 16.5. The maximum Gasteiger partial charge on any atom is 0.257 e. The summed E-state index contributed by atoms with van der Waals surface area (Å²) < 4.78 is 5.29. The summed E-state index contributed by atoms with van der Waals surface area (Å²) in [7, 11) is 1.62. The fraction of sp³-hybridized carbons (Fsp3) is 0.308. The number of pyridine rings is 1. The molecule has 1 amide bonds. The number of benzene rings is 2. The molecule has 7 heteroatoms. The van der Waals surface area contributed by atoms with Crippen molar-refractivity contribution in [2.45, 2.75) is 25.1 Å². The highest BCUT2D eigenvalue weighted by Crippen LogP contribution is 2.28. The van der Waals surface area contributed by atoms with E-state index in [1.54, 1.807) is 30.3 Å². The molecule has 1 fully saturated rings. The van der Waals surface area contributed by atoms with Gasteiger partial charge < -0.3 is 20.1 Å². The summed E-state index contributed by atoms with van der Waals surface area (Å²) in [6.45, 7) is 2.50. The Morgan fingerprint density at radius 3 is 2.79 bits per heavy atom. The second-order valence-electron chi connectivity index (χ2n) is 8.59. The Kier molecular flexibility index (Phi) is 5.98. The number of likely N-dealkylation sites (tertiary alicyclic amines) is 1. The Labute approximate surface area is 193 Å². The zero-order valence-corrected chi connectivity index (χ0v) is 18.6. The van der Waals surface area contributed by atoms with E-state index in [0.717, 1.165) is 30.9 Å². The van der Waals surface area contributed by atoms with Gasteiger partial charge in [-0.05, 0) is 41.8 Å². The van der Waals surface area contributed by atoms with E-state index in [1.807, 2.05) is 24.3 Å². The van der Waals surface area contributed by atoms with Gasteiger partial charge in [0.15, 0.2) is 0 Å². The van der Waals surface area contributed by atoms with E-state index in [0.29, 0.717) is 24.5 Å². The van der Waals surface area contributed by atoms with Crippen LogP contribution in [0.25, 0.3) is 0 Å². The number of anilines is 2. The summed E-state index contributed by atoms with van der Waals surface area (Å²) in [5, 5.41) is 14.1. The zero-order valence-electron chi connectivity index (χ0n) is 18.6. The molecule has 0 saturated carbocycles. The molecule has 1 aromatic heterocycles. The molecule has 0 unspecified atom stereocenters. The average Bonchev–Trinajstić information content (AvgIpc) is 3.25. The molecule has 0 bridgehead atoms. The minimum absolute atomic E-state index is 0.0752. The molecule has 2 aromatic carbocycles. The first-order valence-corrected chi connectivity index (χ1v) is 11.3. The first-order chi connectivity index (χ1) is 16.1. The molecule has 2 aliphatic heterocycles. The number of nitrogens with one attached hydrogen (secondary N) is 1. The van der Waals surface area contributed by atoms with E-state index in [1.165, 1.54) is 11.1 Å². The second kappa shape index (κ2) is 9.21. The van der Waals surface area contributed by atoms with Gasteiger partial charge >= 0.3 is 0 Å². The lowest BCUT2D eigenvalue weighted by Gasteiger charge is -2.34. The number of carbonyl (C=O) groups is 1. The van der Waals surface area contributed by atoms with Crippen molar-refractivity contribution in [1.29, 1.82) is 0 Å². The highest BCUT2D eigenvalue weighted by Gasteiger charge is 2.39. The summed E-state index contributed by atoms with van der Waals surface area (Å²) in [5.74, 6) is 1.07. The Morgan fingerprint density at radius 1 is 1.09 bits per heavy atom. The van der Waals surface area contributed by atoms with Gasteiger partial charge in [-0.15, -0.1) is 0 Å². The number of ether oxygens (including phenoxy) is 1. The number of methoxy groups -OCH3 is 1. The zero-order chi connectivity index (χ0) is 22.8. The normalized spacial score (nSPS) is 20.4. The molecule has 0 radical (unpaired) electrons. The average molecular weight is 445 g/mol. The molecular weight excluding hydrogens is 416 g/mol. The predicted molar refractivity (Wildman–Crippen MR) is 127 cm³/mol. The standard InChI is InChI=1S/C26H28N4O3/c1-33-21-9-4-8-20(14-21)28-25-22(10-5-12-27-25)26(32)30-16-23(24(31)17-30)29-13-11-18-6-2-3-7-19(18)15-29/h2-10,12,14,23-24,31H,11,13,15-17H2,1H3,(H,27,28)/t23-,24-/m0/s1. The third kappa shape index (κ3) is 4.42. The van der Waals surface area contributed by atoms with Crippen molar-refractivity contribution in [3.05, 3.63) is 83.6 Å². The van der Waals surface area contributed by atoms with Crippen LogP contribution < -0.4 is 10.1 Å². The Balaban J connectivity index is 1.31. The van der Waals surface area contributed by atoms with Gasteiger partial charge in [0, 0.05) is 44.1 Å². The Bertz CT molecular complexity index is 1150. The minimum atomic E-state index is -0.578. The molecule has 3 aromatic rings. The van der Waals surface area contributed by atoms with Crippen LogP contribution in [0, 0.1) is 0 Å². The number of hydrogen-bond acceptors (Lipinski definition) is 6. The number of nitrogens with zero attached hydrogens (tertiary/aromatic N) is 3. The third-order valence-corrected chi connectivity index (χ3v) is 6.55. The SMILES string of the molecule is COc1cccc(Nc2ncccc2C(=O)N2C[C@H](O)[C@@H](N3CCc4ccccc4C3)C2)c1. The lowest BCUT2D eigenvalue weighted by atomic mass is 9.98. The topological polar surface area (TPSA) is 77.9 Å².